The van der Waals surface area contributed by atoms with Crippen LogP contribution in [0.4, 0.5) is 0 Å². The zero-order valence-electron chi connectivity index (χ0n) is 12.0. The first-order valence-electron chi connectivity index (χ1n) is 5.70. The van der Waals surface area contributed by atoms with Gasteiger partial charge in [-0.15, -0.1) is 0 Å². The number of nitrogens with one attached hydrogen (secondary N) is 1. The van der Waals surface area contributed by atoms with Gasteiger partial charge in [0.15, 0.2) is 0 Å². The first kappa shape index (κ1) is 16.4. The Morgan fingerprint density at radius 1 is 1.28 bits per heavy atom. The van der Waals surface area contributed by atoms with Gasteiger partial charge in [-0.3, -0.25) is 4.79 Å². The van der Waals surface area contributed by atoms with Crippen molar-refractivity contribution in [2.75, 3.05) is 27.7 Å². The number of methoxy groups -OCH3 is 1. The van der Waals surface area contributed by atoms with Gasteiger partial charge in [-0.2, -0.15) is 0 Å². The van der Waals surface area contributed by atoms with Gasteiger partial charge in [-0.05, 0) is 40.4 Å². The largest absolute Gasteiger partial charge is 0.466 e. The Bertz CT molecular complexity index is 382. The van der Waals surface area contributed by atoms with E-state index >= 15 is 0 Å². The first-order valence-corrected chi connectivity index (χ1v) is 5.70. The first-order chi connectivity index (χ1) is 8.33. The summed E-state index contributed by atoms with van der Waals surface area (Å²) in [6, 6.07) is 0. The summed E-state index contributed by atoms with van der Waals surface area (Å²) in [7, 11) is 4.92. The molecule has 0 radical (unpaired) electrons. The molecule has 102 valence electrons. The average Bonchev–Trinajstić information content (AvgIpc) is 2.32. The number of rotatable bonds is 5. The van der Waals surface area contributed by atoms with Crippen LogP contribution in [0.25, 0.3) is 0 Å². The lowest BCUT2D eigenvalue weighted by Crippen LogP contribution is -2.34. The van der Waals surface area contributed by atoms with E-state index in [-0.39, 0.29) is 12.5 Å². The third-order valence-electron chi connectivity index (χ3n) is 2.42. The normalized spacial score (nSPS) is 13.2. The van der Waals surface area contributed by atoms with E-state index in [2.05, 4.69) is 10.1 Å². The molecule has 0 bridgehead atoms. The summed E-state index contributed by atoms with van der Waals surface area (Å²) in [6.45, 7) is 5.56. The lowest BCUT2D eigenvalue weighted by molar-refractivity contribution is -0.136. The van der Waals surface area contributed by atoms with Crippen molar-refractivity contribution in [2.45, 2.75) is 20.8 Å². The van der Waals surface area contributed by atoms with E-state index in [1.54, 1.807) is 25.9 Å². The third-order valence-corrected chi connectivity index (χ3v) is 2.42. The fraction of sp³-hybridized carbons (Fsp3) is 0.538. The van der Waals surface area contributed by atoms with Gasteiger partial charge in [-0.25, -0.2) is 4.79 Å². The van der Waals surface area contributed by atoms with E-state index in [0.717, 1.165) is 5.57 Å². The molecule has 18 heavy (non-hydrogen) atoms. The minimum atomic E-state index is -0.448. The number of carbonyl (C=O) groups excluding carboxylic acids is 2. The molecule has 5 nitrogen and oxygen atoms in total. The van der Waals surface area contributed by atoms with Gasteiger partial charge in [0.25, 0.3) is 0 Å². The lowest BCUT2D eigenvalue weighted by atomic mass is 10.1. The number of esters is 1. The summed E-state index contributed by atoms with van der Waals surface area (Å²) in [5.74, 6) is -0.615. The minimum Gasteiger partial charge on any atom is -0.466 e. The lowest BCUT2D eigenvalue weighted by Gasteiger charge is -2.15. The van der Waals surface area contributed by atoms with Crippen molar-refractivity contribution < 1.29 is 14.3 Å². The highest BCUT2D eigenvalue weighted by atomic mass is 16.5. The molecule has 0 aromatic carbocycles. The number of carbonyl (C=O) groups is 2. The summed E-state index contributed by atoms with van der Waals surface area (Å²) >= 11 is 0. The number of nitrogens with zero attached hydrogens (tertiary/aromatic N) is 1. The van der Waals surface area contributed by atoms with E-state index in [0.29, 0.717) is 11.3 Å². The van der Waals surface area contributed by atoms with E-state index < -0.39 is 5.97 Å². The number of hydrogen-bond donors (Lipinski definition) is 1. The van der Waals surface area contributed by atoms with Gasteiger partial charge >= 0.3 is 5.97 Å². The molecule has 0 saturated heterocycles. The van der Waals surface area contributed by atoms with Gasteiger partial charge in [0, 0.05) is 0 Å². The molecule has 5 heteroatoms. The highest BCUT2D eigenvalue weighted by Crippen LogP contribution is 2.12. The molecule has 0 atom stereocenters. The van der Waals surface area contributed by atoms with E-state index in [1.807, 2.05) is 19.9 Å². The van der Waals surface area contributed by atoms with Crippen LogP contribution in [0, 0.1) is 0 Å². The fourth-order valence-corrected chi connectivity index (χ4v) is 1.35. The number of likely N-dealkylation sites (N-methyl/N-ethyl adjacent to an activating group) is 1. The van der Waals surface area contributed by atoms with Crippen molar-refractivity contribution >= 4 is 11.9 Å². The molecule has 1 amide bonds. The quantitative estimate of drug-likeness (QED) is 0.453. The summed E-state index contributed by atoms with van der Waals surface area (Å²) in [5.41, 5.74) is 1.72. The molecular formula is C13H22N2O3. The van der Waals surface area contributed by atoms with Gasteiger partial charge in [0.1, 0.15) is 0 Å². The summed E-state index contributed by atoms with van der Waals surface area (Å²) in [6.07, 6.45) is 1.83. The Hall–Kier alpha value is -1.62. The van der Waals surface area contributed by atoms with Crippen molar-refractivity contribution in [3.8, 4) is 0 Å². The minimum absolute atomic E-state index is 0.167. The zero-order valence-corrected chi connectivity index (χ0v) is 12.0. The molecule has 0 unspecified atom stereocenters. The number of amides is 1. The Labute approximate surface area is 108 Å². The molecule has 0 aliphatic heterocycles. The van der Waals surface area contributed by atoms with Crippen LogP contribution >= 0.6 is 0 Å². The Balaban J connectivity index is 5.16. The molecule has 0 aliphatic rings. The summed E-state index contributed by atoms with van der Waals surface area (Å²) in [5, 5.41) is 2.74. The van der Waals surface area contributed by atoms with Crippen LogP contribution in [0.15, 0.2) is 22.9 Å². The Kier molecular flexibility index (Phi) is 6.97. The predicted octanol–water partition coefficient (Wildman–Crippen LogP) is 1.08. The van der Waals surface area contributed by atoms with Crippen LogP contribution in [-0.2, 0) is 14.3 Å². The maximum atomic E-state index is 11.7. The van der Waals surface area contributed by atoms with Gasteiger partial charge in [0.2, 0.25) is 5.91 Å². The number of ether oxygens (including phenoxy) is 1. The third kappa shape index (κ3) is 5.14. The second-order valence-electron chi connectivity index (χ2n) is 4.25. The SMILES string of the molecule is C/C=C(C)\C(NC(=O)CN(C)C)=C(/C)C(=O)OC. The molecular weight excluding hydrogens is 232 g/mol. The monoisotopic (exact) mass is 254 g/mol. The topological polar surface area (TPSA) is 58.6 Å². The zero-order chi connectivity index (χ0) is 14.3. The maximum Gasteiger partial charge on any atom is 0.335 e. The van der Waals surface area contributed by atoms with Crippen LogP contribution < -0.4 is 5.32 Å². The Morgan fingerprint density at radius 2 is 1.83 bits per heavy atom. The number of allylic oxidation sites excluding steroid dienone is 2. The molecule has 0 aromatic rings. The summed E-state index contributed by atoms with van der Waals surface area (Å²) < 4.78 is 4.66. The number of hydrogen-bond acceptors (Lipinski definition) is 4. The van der Waals surface area contributed by atoms with Crippen LogP contribution in [0.5, 0.6) is 0 Å². The van der Waals surface area contributed by atoms with Gasteiger partial charge < -0.3 is 15.0 Å². The smallest absolute Gasteiger partial charge is 0.335 e. The predicted molar refractivity (Wildman–Crippen MR) is 70.8 cm³/mol. The second-order valence-corrected chi connectivity index (χ2v) is 4.25. The average molecular weight is 254 g/mol. The van der Waals surface area contributed by atoms with Crippen LogP contribution in [0.3, 0.4) is 0 Å². The van der Waals surface area contributed by atoms with Crippen molar-refractivity contribution in [2.24, 2.45) is 0 Å². The molecule has 1 N–H and O–H groups in total. The second kappa shape index (κ2) is 7.66. The Morgan fingerprint density at radius 3 is 2.22 bits per heavy atom. The standard InChI is InChI=1S/C13H22N2O3/c1-7-9(2)12(10(3)13(17)18-6)14-11(16)8-15(4)5/h7H,8H2,1-6H3,(H,14,16)/b9-7-,12-10-. The maximum absolute atomic E-state index is 11.7. The van der Waals surface area contributed by atoms with Crippen molar-refractivity contribution in [3.63, 3.8) is 0 Å². The highest BCUT2D eigenvalue weighted by molar-refractivity contribution is 5.91. The molecule has 0 heterocycles. The van der Waals surface area contributed by atoms with E-state index in [9.17, 15) is 9.59 Å². The van der Waals surface area contributed by atoms with Crippen molar-refractivity contribution in [1.82, 2.24) is 10.2 Å². The van der Waals surface area contributed by atoms with Crippen LogP contribution in [0.1, 0.15) is 20.8 Å². The van der Waals surface area contributed by atoms with E-state index in [1.165, 1.54) is 7.11 Å². The van der Waals surface area contributed by atoms with E-state index in [4.69, 9.17) is 0 Å². The van der Waals surface area contributed by atoms with Crippen molar-refractivity contribution in [1.29, 1.82) is 0 Å². The molecule has 0 spiro atoms. The fourth-order valence-electron chi connectivity index (χ4n) is 1.35. The van der Waals surface area contributed by atoms with Crippen molar-refractivity contribution in [3.05, 3.63) is 22.9 Å². The van der Waals surface area contributed by atoms with Gasteiger partial charge in [-0.1, -0.05) is 6.08 Å². The van der Waals surface area contributed by atoms with Crippen LogP contribution in [0.2, 0.25) is 0 Å². The molecule has 0 aromatic heterocycles. The molecule has 0 rings (SSSR count). The van der Waals surface area contributed by atoms with Gasteiger partial charge in [0.05, 0.1) is 24.9 Å². The summed E-state index contributed by atoms with van der Waals surface area (Å²) in [4.78, 5) is 25.0. The van der Waals surface area contributed by atoms with Crippen LogP contribution in [-0.4, -0.2) is 44.5 Å². The highest BCUT2D eigenvalue weighted by Gasteiger charge is 2.15. The molecule has 0 fully saturated rings. The molecule has 0 saturated carbocycles. The molecule has 0 aliphatic carbocycles.